The SMILES string of the molecule is Cc1cc(C(=O)Nc2cccc3c(=O)n(Cc4cccnc4)ccc23)ccc1Cl. The van der Waals surface area contributed by atoms with Crippen LogP contribution in [0.5, 0.6) is 0 Å². The minimum Gasteiger partial charge on any atom is -0.321 e. The fourth-order valence-corrected chi connectivity index (χ4v) is 3.34. The minimum atomic E-state index is -0.253. The Kier molecular flexibility index (Phi) is 5.14. The van der Waals surface area contributed by atoms with E-state index in [2.05, 4.69) is 10.3 Å². The first kappa shape index (κ1) is 18.9. The van der Waals surface area contributed by atoms with Crippen LogP contribution in [-0.4, -0.2) is 15.5 Å². The average molecular weight is 404 g/mol. The molecule has 0 aliphatic heterocycles. The van der Waals surface area contributed by atoms with Gasteiger partial charge in [-0.2, -0.15) is 0 Å². The Morgan fingerprint density at radius 2 is 1.97 bits per heavy atom. The van der Waals surface area contributed by atoms with Crippen molar-refractivity contribution in [3.63, 3.8) is 0 Å². The Morgan fingerprint density at radius 1 is 1.10 bits per heavy atom. The molecule has 1 amide bonds. The first-order valence-corrected chi connectivity index (χ1v) is 9.49. The van der Waals surface area contributed by atoms with E-state index in [0.29, 0.717) is 33.6 Å². The standard InChI is InChI=1S/C23H18ClN3O2/c1-15-12-17(7-8-20(15)24)22(28)26-21-6-2-5-19-18(21)9-11-27(23(19)29)14-16-4-3-10-25-13-16/h2-13H,14H2,1H3,(H,26,28). The number of carbonyl (C=O) groups is 1. The molecule has 0 saturated heterocycles. The van der Waals surface area contributed by atoms with Gasteiger partial charge < -0.3 is 9.88 Å². The Morgan fingerprint density at radius 3 is 2.72 bits per heavy atom. The van der Waals surface area contributed by atoms with Crippen LogP contribution in [0.1, 0.15) is 21.5 Å². The van der Waals surface area contributed by atoms with Gasteiger partial charge in [0.05, 0.1) is 6.54 Å². The smallest absolute Gasteiger partial charge is 0.258 e. The summed E-state index contributed by atoms with van der Waals surface area (Å²) in [7, 11) is 0. The molecule has 0 aliphatic rings. The number of pyridine rings is 2. The van der Waals surface area contributed by atoms with Gasteiger partial charge >= 0.3 is 0 Å². The third-order valence-corrected chi connectivity index (χ3v) is 5.19. The van der Waals surface area contributed by atoms with Crippen LogP contribution in [0.2, 0.25) is 5.02 Å². The lowest BCUT2D eigenvalue weighted by Gasteiger charge is -2.12. The Balaban J connectivity index is 1.67. The molecule has 2 aromatic carbocycles. The highest BCUT2D eigenvalue weighted by molar-refractivity contribution is 6.31. The summed E-state index contributed by atoms with van der Waals surface area (Å²) in [6, 6.07) is 16.0. The highest BCUT2D eigenvalue weighted by atomic mass is 35.5. The Labute approximate surface area is 172 Å². The molecule has 0 spiro atoms. The van der Waals surface area contributed by atoms with E-state index in [1.165, 1.54) is 0 Å². The van der Waals surface area contributed by atoms with Crippen LogP contribution >= 0.6 is 11.6 Å². The zero-order valence-electron chi connectivity index (χ0n) is 15.7. The fourth-order valence-electron chi connectivity index (χ4n) is 3.22. The largest absolute Gasteiger partial charge is 0.321 e. The number of nitrogens with zero attached hydrogens (tertiary/aromatic N) is 2. The van der Waals surface area contributed by atoms with Crippen LogP contribution < -0.4 is 10.9 Å². The quantitative estimate of drug-likeness (QED) is 0.539. The van der Waals surface area contributed by atoms with Crippen LogP contribution in [0, 0.1) is 6.92 Å². The number of carbonyl (C=O) groups excluding carboxylic acids is 1. The first-order valence-electron chi connectivity index (χ1n) is 9.11. The van der Waals surface area contributed by atoms with Crippen molar-refractivity contribution in [2.75, 3.05) is 5.32 Å². The highest BCUT2D eigenvalue weighted by Gasteiger charge is 2.12. The number of halogens is 1. The molecule has 0 fully saturated rings. The molecule has 0 saturated carbocycles. The van der Waals surface area contributed by atoms with Gasteiger partial charge in [0.25, 0.3) is 11.5 Å². The van der Waals surface area contributed by atoms with Crippen LogP contribution in [0.4, 0.5) is 5.69 Å². The molecule has 0 radical (unpaired) electrons. The summed E-state index contributed by atoms with van der Waals surface area (Å²) in [6.45, 7) is 2.28. The molecule has 144 valence electrons. The minimum absolute atomic E-state index is 0.121. The molecule has 2 aromatic heterocycles. The second-order valence-corrected chi connectivity index (χ2v) is 7.20. The van der Waals surface area contributed by atoms with E-state index in [1.807, 2.05) is 25.1 Å². The number of amides is 1. The topological polar surface area (TPSA) is 64.0 Å². The van der Waals surface area contributed by atoms with Crippen molar-refractivity contribution in [2.24, 2.45) is 0 Å². The lowest BCUT2D eigenvalue weighted by atomic mass is 10.1. The van der Waals surface area contributed by atoms with Gasteiger partial charge in [0.2, 0.25) is 0 Å². The number of nitrogens with one attached hydrogen (secondary N) is 1. The number of aromatic nitrogens is 2. The van der Waals surface area contributed by atoms with Crippen LogP contribution in [0.15, 0.2) is 78.0 Å². The molecule has 0 bridgehead atoms. The fraction of sp³-hybridized carbons (Fsp3) is 0.0870. The molecule has 1 N–H and O–H groups in total. The van der Waals surface area contributed by atoms with E-state index in [0.717, 1.165) is 11.1 Å². The summed E-state index contributed by atoms with van der Waals surface area (Å²) in [5.74, 6) is -0.253. The maximum atomic E-state index is 12.9. The number of fused-ring (bicyclic) bond motifs is 1. The zero-order valence-corrected chi connectivity index (χ0v) is 16.5. The van der Waals surface area contributed by atoms with Gasteiger partial charge in [-0.15, -0.1) is 0 Å². The molecular formula is C23H18ClN3O2. The monoisotopic (exact) mass is 403 g/mol. The number of rotatable bonds is 4. The number of aryl methyl sites for hydroxylation is 1. The van der Waals surface area contributed by atoms with Crippen LogP contribution in [0.25, 0.3) is 10.8 Å². The third-order valence-electron chi connectivity index (χ3n) is 4.76. The molecule has 0 unspecified atom stereocenters. The summed E-state index contributed by atoms with van der Waals surface area (Å²) in [5, 5.41) is 4.75. The normalized spacial score (nSPS) is 10.8. The number of benzene rings is 2. The lowest BCUT2D eigenvalue weighted by Crippen LogP contribution is -2.21. The molecule has 5 nitrogen and oxygen atoms in total. The summed E-state index contributed by atoms with van der Waals surface area (Å²) in [6.07, 6.45) is 5.17. The van der Waals surface area contributed by atoms with E-state index < -0.39 is 0 Å². The molecule has 6 heteroatoms. The Hall–Kier alpha value is -3.44. The summed E-state index contributed by atoms with van der Waals surface area (Å²) in [5.41, 5.74) is 2.75. The average Bonchev–Trinajstić information content (AvgIpc) is 2.73. The number of hydrogen-bond acceptors (Lipinski definition) is 3. The van der Waals surface area contributed by atoms with E-state index in [4.69, 9.17) is 11.6 Å². The second-order valence-electron chi connectivity index (χ2n) is 6.79. The van der Waals surface area contributed by atoms with Crippen molar-refractivity contribution in [3.05, 3.63) is 105 Å². The first-order chi connectivity index (χ1) is 14.0. The maximum Gasteiger partial charge on any atom is 0.258 e. The van der Waals surface area contributed by atoms with Crippen LogP contribution in [0.3, 0.4) is 0 Å². The van der Waals surface area contributed by atoms with Crippen molar-refractivity contribution in [1.29, 1.82) is 0 Å². The van der Waals surface area contributed by atoms with E-state index in [9.17, 15) is 9.59 Å². The molecule has 29 heavy (non-hydrogen) atoms. The van der Waals surface area contributed by atoms with Gasteiger partial charge in [-0.3, -0.25) is 14.6 Å². The van der Waals surface area contributed by atoms with Crippen molar-refractivity contribution in [2.45, 2.75) is 13.5 Å². The molecule has 4 rings (SSSR count). The molecule has 0 atom stereocenters. The van der Waals surface area contributed by atoms with Crippen molar-refractivity contribution in [3.8, 4) is 0 Å². The highest BCUT2D eigenvalue weighted by Crippen LogP contribution is 2.23. The van der Waals surface area contributed by atoms with Crippen molar-refractivity contribution < 1.29 is 4.79 Å². The third kappa shape index (κ3) is 3.91. The van der Waals surface area contributed by atoms with E-state index in [-0.39, 0.29) is 11.5 Å². The van der Waals surface area contributed by atoms with E-state index in [1.54, 1.807) is 59.6 Å². The van der Waals surface area contributed by atoms with Gasteiger partial charge in [0, 0.05) is 45.6 Å². The Bertz CT molecular complexity index is 1270. The van der Waals surface area contributed by atoms with Gasteiger partial charge in [-0.1, -0.05) is 23.7 Å². The molecule has 4 aromatic rings. The van der Waals surface area contributed by atoms with Gasteiger partial charge in [0.1, 0.15) is 0 Å². The van der Waals surface area contributed by atoms with Gasteiger partial charge in [-0.25, -0.2) is 0 Å². The summed E-state index contributed by atoms with van der Waals surface area (Å²) in [4.78, 5) is 29.7. The summed E-state index contributed by atoms with van der Waals surface area (Å²) < 4.78 is 1.63. The molecular weight excluding hydrogens is 386 g/mol. The maximum absolute atomic E-state index is 12.9. The summed E-state index contributed by atoms with van der Waals surface area (Å²) >= 11 is 6.04. The van der Waals surface area contributed by atoms with Gasteiger partial charge in [-0.05, 0) is 60.5 Å². The number of hydrogen-bond donors (Lipinski definition) is 1. The predicted octanol–water partition coefficient (Wildman–Crippen LogP) is 4.66. The van der Waals surface area contributed by atoms with Crippen LogP contribution in [-0.2, 0) is 6.54 Å². The lowest BCUT2D eigenvalue weighted by molar-refractivity contribution is 0.102. The molecule has 2 heterocycles. The van der Waals surface area contributed by atoms with Crippen molar-refractivity contribution in [1.82, 2.24) is 9.55 Å². The predicted molar refractivity (Wildman–Crippen MR) is 116 cm³/mol. The van der Waals surface area contributed by atoms with E-state index >= 15 is 0 Å². The van der Waals surface area contributed by atoms with Gasteiger partial charge in [0.15, 0.2) is 0 Å². The van der Waals surface area contributed by atoms with Crippen molar-refractivity contribution >= 4 is 34.0 Å². The zero-order chi connectivity index (χ0) is 20.4. The number of anilines is 1. The second kappa shape index (κ2) is 7.89. The molecule has 0 aliphatic carbocycles.